The third-order valence-electron chi connectivity index (χ3n) is 13.4. The first-order valence-corrected chi connectivity index (χ1v) is 14.3. The summed E-state index contributed by atoms with van der Waals surface area (Å²) in [4.78, 5) is 25.4. The Morgan fingerprint density at radius 3 is 2.21 bits per heavy atom. The fraction of sp³-hybridized carbons (Fsp3) is 0.931. The van der Waals surface area contributed by atoms with Crippen molar-refractivity contribution in [1.82, 2.24) is 5.32 Å². The summed E-state index contributed by atoms with van der Waals surface area (Å²) in [5.41, 5.74) is 6.65. The Hall–Kier alpha value is -1.06. The molecular formula is C29H44N2O2. The zero-order valence-electron chi connectivity index (χ0n) is 20.8. The molecule has 4 nitrogen and oxygen atoms in total. The number of primary amides is 1. The van der Waals surface area contributed by atoms with E-state index in [1.54, 1.807) is 0 Å². The smallest absolute Gasteiger partial charge is 0.221 e. The molecule has 8 atom stereocenters. The normalized spacial score (nSPS) is 58.8. The molecule has 7 aliphatic carbocycles. The second-order valence-electron chi connectivity index (χ2n) is 14.6. The molecule has 33 heavy (non-hydrogen) atoms. The van der Waals surface area contributed by atoms with Gasteiger partial charge in [0.05, 0.1) is 0 Å². The van der Waals surface area contributed by atoms with Crippen LogP contribution in [0.3, 0.4) is 0 Å². The van der Waals surface area contributed by atoms with Gasteiger partial charge in [-0.15, -0.1) is 0 Å². The van der Waals surface area contributed by atoms with Crippen LogP contribution in [0.2, 0.25) is 0 Å². The minimum atomic E-state index is -0.0604. The van der Waals surface area contributed by atoms with Crippen molar-refractivity contribution in [2.75, 3.05) is 0 Å². The average molecular weight is 453 g/mol. The molecule has 7 saturated carbocycles. The zero-order valence-corrected chi connectivity index (χ0v) is 20.8. The second-order valence-corrected chi connectivity index (χ2v) is 14.6. The van der Waals surface area contributed by atoms with Gasteiger partial charge in [0.25, 0.3) is 0 Å². The van der Waals surface area contributed by atoms with Gasteiger partial charge < -0.3 is 11.1 Å². The fourth-order valence-corrected chi connectivity index (χ4v) is 12.7. The van der Waals surface area contributed by atoms with Crippen molar-refractivity contribution in [1.29, 1.82) is 0 Å². The Morgan fingerprint density at radius 2 is 1.58 bits per heavy atom. The Balaban J connectivity index is 1.27. The highest BCUT2D eigenvalue weighted by Gasteiger charge is 2.67. The summed E-state index contributed by atoms with van der Waals surface area (Å²) in [6.07, 6.45) is 16.3. The predicted octanol–water partition coefficient (Wildman–Crippen LogP) is 5.05. The van der Waals surface area contributed by atoms with E-state index in [-0.39, 0.29) is 22.7 Å². The highest BCUT2D eigenvalue weighted by atomic mass is 16.2. The topological polar surface area (TPSA) is 72.2 Å². The average Bonchev–Trinajstić information content (AvgIpc) is 3.10. The lowest BCUT2D eigenvalue weighted by Gasteiger charge is -2.69. The number of piperidine rings is 1. The van der Waals surface area contributed by atoms with Gasteiger partial charge in [-0.1, -0.05) is 13.8 Å². The van der Waals surface area contributed by atoms with Crippen LogP contribution in [0.1, 0.15) is 97.3 Å². The van der Waals surface area contributed by atoms with Crippen molar-refractivity contribution in [2.45, 2.75) is 103 Å². The van der Waals surface area contributed by atoms with Crippen molar-refractivity contribution in [3.05, 3.63) is 0 Å². The summed E-state index contributed by atoms with van der Waals surface area (Å²) < 4.78 is 0. The van der Waals surface area contributed by atoms with Gasteiger partial charge in [-0.25, -0.2) is 0 Å². The molecule has 4 bridgehead atoms. The van der Waals surface area contributed by atoms with Crippen molar-refractivity contribution < 1.29 is 9.59 Å². The van der Waals surface area contributed by atoms with Gasteiger partial charge in [0, 0.05) is 18.4 Å². The molecule has 0 spiro atoms. The van der Waals surface area contributed by atoms with Crippen molar-refractivity contribution in [2.24, 2.45) is 69.3 Å². The number of amides is 2. The molecule has 0 aromatic heterocycles. The van der Waals surface area contributed by atoms with E-state index in [1.165, 1.54) is 57.8 Å². The number of hydrogen-bond acceptors (Lipinski definition) is 2. The van der Waals surface area contributed by atoms with Crippen molar-refractivity contribution in [3.8, 4) is 0 Å². The molecule has 2 amide bonds. The van der Waals surface area contributed by atoms with Crippen LogP contribution in [0.25, 0.3) is 0 Å². The zero-order chi connectivity index (χ0) is 22.8. The fourth-order valence-electron chi connectivity index (χ4n) is 12.7. The Morgan fingerprint density at radius 1 is 0.909 bits per heavy atom. The highest BCUT2D eigenvalue weighted by molar-refractivity contribution is 5.78. The Kier molecular flexibility index (Phi) is 4.37. The van der Waals surface area contributed by atoms with E-state index in [4.69, 9.17) is 5.73 Å². The quantitative estimate of drug-likeness (QED) is 0.615. The molecule has 3 unspecified atom stereocenters. The third-order valence-corrected chi connectivity index (χ3v) is 13.4. The molecule has 1 heterocycles. The van der Waals surface area contributed by atoms with Crippen LogP contribution in [0.5, 0.6) is 0 Å². The van der Waals surface area contributed by atoms with E-state index in [0.29, 0.717) is 41.0 Å². The maximum Gasteiger partial charge on any atom is 0.221 e. The first-order chi connectivity index (χ1) is 15.7. The van der Waals surface area contributed by atoms with Gasteiger partial charge in [0.1, 0.15) is 0 Å². The lowest BCUT2D eigenvalue weighted by molar-refractivity contribution is -0.192. The van der Waals surface area contributed by atoms with E-state index in [2.05, 4.69) is 19.2 Å². The minimum Gasteiger partial charge on any atom is -0.369 e. The molecular weight excluding hydrogens is 408 g/mol. The van der Waals surface area contributed by atoms with Crippen LogP contribution >= 0.6 is 0 Å². The molecule has 1 aliphatic heterocycles. The van der Waals surface area contributed by atoms with Gasteiger partial charge in [-0.2, -0.15) is 0 Å². The van der Waals surface area contributed by atoms with Crippen LogP contribution < -0.4 is 11.1 Å². The summed E-state index contributed by atoms with van der Waals surface area (Å²) in [5.74, 6) is 5.75. The summed E-state index contributed by atoms with van der Waals surface area (Å²) in [6, 6.07) is 0.357. The maximum absolute atomic E-state index is 13.1. The van der Waals surface area contributed by atoms with Crippen molar-refractivity contribution in [3.63, 3.8) is 0 Å². The molecule has 8 fully saturated rings. The molecule has 1 saturated heterocycles. The summed E-state index contributed by atoms with van der Waals surface area (Å²) in [5, 5.41) is 3.54. The van der Waals surface area contributed by atoms with Crippen LogP contribution in [-0.2, 0) is 9.59 Å². The Labute approximate surface area is 199 Å². The first-order valence-electron chi connectivity index (χ1n) is 14.3. The van der Waals surface area contributed by atoms with E-state index in [1.807, 2.05) is 0 Å². The number of nitrogens with one attached hydrogen (secondary N) is 1. The summed E-state index contributed by atoms with van der Waals surface area (Å²) in [7, 11) is 0. The number of carbonyl (C=O) groups is 2. The molecule has 8 aliphatic rings. The molecule has 3 N–H and O–H groups in total. The van der Waals surface area contributed by atoms with E-state index in [0.717, 1.165) is 43.4 Å². The molecule has 8 rings (SSSR count). The number of fused-ring (bicyclic) bond motifs is 5. The van der Waals surface area contributed by atoms with Crippen LogP contribution in [0.4, 0.5) is 0 Å². The largest absolute Gasteiger partial charge is 0.369 e. The highest BCUT2D eigenvalue weighted by Crippen LogP contribution is 2.72. The number of nitrogens with two attached hydrogens (primary N) is 1. The van der Waals surface area contributed by atoms with Gasteiger partial charge in [0.15, 0.2) is 0 Å². The maximum atomic E-state index is 13.1. The van der Waals surface area contributed by atoms with Gasteiger partial charge >= 0.3 is 0 Å². The molecule has 0 aromatic carbocycles. The van der Waals surface area contributed by atoms with Crippen LogP contribution in [0, 0.1) is 63.6 Å². The van der Waals surface area contributed by atoms with Crippen LogP contribution in [0.15, 0.2) is 0 Å². The SMILES string of the molecule is C[C@]12C(CC[C@@H]3[C@H]1CC[C@]1(C)C(C(N)=O)CC[C@@H]31)NC(=O)CC2C12CC3CC(CC(C3)C1)C2. The van der Waals surface area contributed by atoms with Crippen LogP contribution in [-0.4, -0.2) is 17.9 Å². The number of rotatable bonds is 2. The summed E-state index contributed by atoms with van der Waals surface area (Å²) >= 11 is 0. The second kappa shape index (κ2) is 6.78. The van der Waals surface area contributed by atoms with E-state index < -0.39 is 0 Å². The lowest BCUT2D eigenvalue weighted by atomic mass is 9.37. The lowest BCUT2D eigenvalue weighted by Crippen LogP contribution is -2.68. The molecule has 182 valence electrons. The molecule has 0 aromatic rings. The van der Waals surface area contributed by atoms with Gasteiger partial charge in [-0.05, 0) is 135 Å². The monoisotopic (exact) mass is 452 g/mol. The van der Waals surface area contributed by atoms with Crippen molar-refractivity contribution >= 4 is 11.8 Å². The standard InChI is InChI=1S/C29H44N2O2/c1-27-8-7-21-19(20(27)4-5-22(27)26(30)33)3-6-24-28(21,2)23(12-25(32)31-24)29-13-16-9-17(14-29)11-18(10-16)15-29/h16-24H,3-15H2,1-2H3,(H2,30,33)(H,31,32)/t16?,17?,18?,19-,20-,21+,22?,23?,24?,27-,28-,29?/m0/s1. The predicted molar refractivity (Wildman–Crippen MR) is 128 cm³/mol. The van der Waals surface area contributed by atoms with Gasteiger partial charge in [-0.3, -0.25) is 9.59 Å². The van der Waals surface area contributed by atoms with Gasteiger partial charge in [0.2, 0.25) is 11.8 Å². The summed E-state index contributed by atoms with van der Waals surface area (Å²) in [6.45, 7) is 5.02. The minimum absolute atomic E-state index is 0.0604. The molecule has 0 radical (unpaired) electrons. The number of carbonyl (C=O) groups excluding carboxylic acids is 2. The Bertz CT molecular complexity index is 848. The van der Waals surface area contributed by atoms with E-state index >= 15 is 0 Å². The molecule has 4 heteroatoms. The van der Waals surface area contributed by atoms with E-state index in [9.17, 15) is 9.59 Å². The third kappa shape index (κ3) is 2.70. The number of hydrogen-bond donors (Lipinski definition) is 2. The first kappa shape index (κ1) is 21.2.